The average molecular weight is 474 g/mol. The third kappa shape index (κ3) is 4.40. The second-order valence-corrected chi connectivity index (χ2v) is 7.80. The molecule has 2 heterocycles. The molecule has 4 aromatic rings. The summed E-state index contributed by atoms with van der Waals surface area (Å²) >= 11 is 6.02. The minimum atomic E-state index is -0.242. The molecule has 0 fully saturated rings. The van der Waals surface area contributed by atoms with Crippen LogP contribution in [0.2, 0.25) is 5.02 Å². The summed E-state index contributed by atoms with van der Waals surface area (Å²) in [5, 5.41) is 15.3. The summed E-state index contributed by atoms with van der Waals surface area (Å²) in [5.74, 6) is -0.249. The van der Waals surface area contributed by atoms with Gasteiger partial charge < -0.3 is 15.7 Å². The zero-order valence-electron chi connectivity index (χ0n) is 18.0. The number of phenols is 1. The van der Waals surface area contributed by atoms with E-state index in [0.29, 0.717) is 41.9 Å². The molecule has 34 heavy (non-hydrogen) atoms. The van der Waals surface area contributed by atoms with Crippen molar-refractivity contribution in [1.29, 1.82) is 0 Å². The van der Waals surface area contributed by atoms with E-state index in [1.165, 1.54) is 24.5 Å². The molecule has 0 saturated heterocycles. The number of rotatable bonds is 7. The van der Waals surface area contributed by atoms with E-state index >= 15 is 0 Å². The van der Waals surface area contributed by atoms with Crippen LogP contribution in [0.15, 0.2) is 61.4 Å². The summed E-state index contributed by atoms with van der Waals surface area (Å²) < 4.78 is 1.63. The van der Waals surface area contributed by atoms with Crippen LogP contribution in [-0.4, -0.2) is 42.2 Å². The predicted molar refractivity (Wildman–Crippen MR) is 130 cm³/mol. The monoisotopic (exact) mass is 473 g/mol. The van der Waals surface area contributed by atoms with Gasteiger partial charge in [0.25, 0.3) is 0 Å². The first-order valence-electron chi connectivity index (χ1n) is 10.3. The number of hydrogen-bond donors (Lipinski definition) is 2. The molecule has 10 heteroatoms. The van der Waals surface area contributed by atoms with Gasteiger partial charge in [-0.3, -0.25) is 4.79 Å². The van der Waals surface area contributed by atoms with E-state index in [4.69, 9.17) is 23.9 Å². The Morgan fingerprint density at radius 1 is 1.29 bits per heavy atom. The fraction of sp³-hybridized carbons (Fsp3) is 0.125. The summed E-state index contributed by atoms with van der Waals surface area (Å²) in [6.07, 6.45) is 2.61. The Hall–Kier alpha value is -4.42. The molecule has 0 saturated carbocycles. The number of nitrogens with two attached hydrogens (primary N) is 1. The first kappa shape index (κ1) is 22.8. The summed E-state index contributed by atoms with van der Waals surface area (Å²) in [5.41, 5.74) is 8.52. The van der Waals surface area contributed by atoms with Gasteiger partial charge in [0.2, 0.25) is 11.6 Å². The highest BCUT2D eigenvalue weighted by molar-refractivity contribution is 6.35. The number of carbonyl (C=O) groups is 1. The van der Waals surface area contributed by atoms with E-state index in [1.54, 1.807) is 9.58 Å². The Labute approximate surface area is 200 Å². The molecule has 0 radical (unpaired) electrons. The molecule has 0 aliphatic carbocycles. The van der Waals surface area contributed by atoms with Gasteiger partial charge in [0.1, 0.15) is 23.6 Å². The van der Waals surface area contributed by atoms with Gasteiger partial charge in [-0.1, -0.05) is 48.5 Å². The molecule has 0 bridgehead atoms. The van der Waals surface area contributed by atoms with Gasteiger partial charge in [-0.15, -0.1) is 0 Å². The van der Waals surface area contributed by atoms with Gasteiger partial charge in [0, 0.05) is 13.1 Å². The van der Waals surface area contributed by atoms with Crippen LogP contribution < -0.4 is 5.73 Å². The summed E-state index contributed by atoms with van der Waals surface area (Å²) in [7, 11) is 0. The number of amides is 1. The number of anilines is 1. The molecule has 1 amide bonds. The highest BCUT2D eigenvalue weighted by atomic mass is 35.5. The van der Waals surface area contributed by atoms with E-state index < -0.39 is 0 Å². The van der Waals surface area contributed by atoms with Crippen LogP contribution in [0.4, 0.5) is 11.5 Å². The fourth-order valence-electron chi connectivity index (χ4n) is 3.62. The summed E-state index contributed by atoms with van der Waals surface area (Å²) in [4.78, 5) is 25.9. The number of carbonyl (C=O) groups excluding carboxylic acids is 1. The predicted octanol–water partition coefficient (Wildman–Crippen LogP) is 4.20. The van der Waals surface area contributed by atoms with Crippen LogP contribution in [0, 0.1) is 6.57 Å². The third-order valence-corrected chi connectivity index (χ3v) is 5.66. The van der Waals surface area contributed by atoms with Crippen molar-refractivity contribution in [3.8, 4) is 17.0 Å². The Balaban J connectivity index is 1.72. The number of phenolic OH excluding ortho intramolecular Hbond substituents is 1. The number of nitrogens with zero attached hydrogens (tertiary/aromatic N) is 6. The molecule has 170 valence electrons. The lowest BCUT2D eigenvalue weighted by molar-refractivity contribution is -0.126. The van der Waals surface area contributed by atoms with Crippen molar-refractivity contribution in [3.05, 3.63) is 83.5 Å². The zero-order chi connectivity index (χ0) is 24.2. The number of aromatic hydroxyl groups is 1. The Morgan fingerprint density at radius 3 is 2.76 bits per heavy atom. The molecule has 3 N–H and O–H groups in total. The number of aromatic nitrogens is 4. The number of halogens is 1. The van der Waals surface area contributed by atoms with Crippen LogP contribution in [0.1, 0.15) is 5.56 Å². The van der Waals surface area contributed by atoms with E-state index in [-0.39, 0.29) is 28.2 Å². The maximum atomic E-state index is 12.5. The molecular formula is C24H20ClN7O2. The van der Waals surface area contributed by atoms with Crippen LogP contribution in [0.5, 0.6) is 5.75 Å². The molecule has 0 aliphatic heterocycles. The highest BCUT2D eigenvalue weighted by Crippen LogP contribution is 2.40. The Bertz CT molecular complexity index is 1430. The van der Waals surface area contributed by atoms with Crippen molar-refractivity contribution >= 4 is 40.0 Å². The summed E-state index contributed by atoms with van der Waals surface area (Å²) in [6, 6.07) is 12.6. The third-order valence-electron chi connectivity index (χ3n) is 5.27. The smallest absolute Gasteiger partial charge is 0.246 e. The molecule has 0 unspecified atom stereocenters. The molecule has 9 nitrogen and oxygen atoms in total. The SMILES string of the molecule is [C-]#[N+]c1cc(-c2nn(CCN(Cc3ccccc3)C(=O)C=C)c3ncnc(N)c23)cc(O)c1Cl. The topological polar surface area (TPSA) is 115 Å². The van der Waals surface area contributed by atoms with E-state index in [0.717, 1.165) is 5.56 Å². The Morgan fingerprint density at radius 2 is 2.06 bits per heavy atom. The first-order valence-corrected chi connectivity index (χ1v) is 10.6. The van der Waals surface area contributed by atoms with Crippen molar-refractivity contribution in [3.63, 3.8) is 0 Å². The van der Waals surface area contributed by atoms with Crippen LogP contribution in [-0.2, 0) is 17.9 Å². The van der Waals surface area contributed by atoms with Gasteiger partial charge in [-0.25, -0.2) is 19.5 Å². The van der Waals surface area contributed by atoms with E-state index in [2.05, 4.69) is 26.5 Å². The molecular weight excluding hydrogens is 454 g/mol. The van der Waals surface area contributed by atoms with E-state index in [9.17, 15) is 9.90 Å². The van der Waals surface area contributed by atoms with E-state index in [1.807, 2.05) is 30.3 Å². The quantitative estimate of drug-likeness (QED) is 0.307. The molecule has 4 rings (SSSR count). The second-order valence-electron chi connectivity index (χ2n) is 7.42. The molecule has 0 spiro atoms. The zero-order valence-corrected chi connectivity index (χ0v) is 18.8. The maximum absolute atomic E-state index is 12.5. The average Bonchev–Trinajstić information content (AvgIpc) is 3.23. The van der Waals surface area contributed by atoms with Crippen molar-refractivity contribution in [2.45, 2.75) is 13.1 Å². The van der Waals surface area contributed by atoms with Crippen molar-refractivity contribution in [2.24, 2.45) is 0 Å². The minimum Gasteiger partial charge on any atom is -0.508 e. The number of nitrogen functional groups attached to an aromatic ring is 1. The lowest BCUT2D eigenvalue weighted by Gasteiger charge is -2.21. The van der Waals surface area contributed by atoms with Gasteiger partial charge in [0.05, 0.1) is 23.5 Å². The summed E-state index contributed by atoms with van der Waals surface area (Å²) in [6.45, 7) is 12.0. The molecule has 2 aromatic heterocycles. The highest BCUT2D eigenvalue weighted by Gasteiger charge is 2.20. The van der Waals surface area contributed by atoms with Crippen molar-refractivity contribution < 1.29 is 9.90 Å². The maximum Gasteiger partial charge on any atom is 0.246 e. The van der Waals surface area contributed by atoms with Gasteiger partial charge in [-0.2, -0.15) is 5.10 Å². The number of fused-ring (bicyclic) bond motifs is 1. The normalized spacial score (nSPS) is 10.7. The Kier molecular flexibility index (Phi) is 6.43. The van der Waals surface area contributed by atoms with Crippen molar-refractivity contribution in [1.82, 2.24) is 24.6 Å². The molecule has 0 atom stereocenters. The van der Waals surface area contributed by atoms with Crippen molar-refractivity contribution in [2.75, 3.05) is 12.3 Å². The van der Waals surface area contributed by atoms with Crippen LogP contribution >= 0.6 is 11.6 Å². The minimum absolute atomic E-state index is 0.0359. The van der Waals surface area contributed by atoms with Gasteiger partial charge in [0.15, 0.2) is 5.65 Å². The molecule has 2 aromatic carbocycles. The van der Waals surface area contributed by atoms with Crippen LogP contribution in [0.25, 0.3) is 27.1 Å². The number of benzene rings is 2. The molecule has 0 aliphatic rings. The first-order chi connectivity index (χ1) is 16.4. The lowest BCUT2D eigenvalue weighted by Crippen LogP contribution is -2.32. The lowest BCUT2D eigenvalue weighted by atomic mass is 10.1. The van der Waals surface area contributed by atoms with Gasteiger partial charge in [-0.05, 0) is 29.3 Å². The largest absolute Gasteiger partial charge is 0.508 e. The number of hydrogen-bond acceptors (Lipinski definition) is 6. The fourth-order valence-corrected chi connectivity index (χ4v) is 3.77. The second kappa shape index (κ2) is 9.60. The van der Waals surface area contributed by atoms with Crippen LogP contribution in [0.3, 0.4) is 0 Å². The standard InChI is InChI=1S/C24H20ClN7O2/c1-3-19(34)31(13-15-7-5-4-6-8-15)9-10-32-24-20(23(26)28-14-29-24)22(30-32)16-11-17(27-2)21(25)18(33)12-16/h3-8,11-12,14,33H,1,9-10,13H2,(H2,26,28,29). The van der Waals surface area contributed by atoms with Gasteiger partial charge >= 0.3 is 0 Å².